The minimum Gasteiger partial charge on any atom is -0.390 e. The second-order valence-corrected chi connectivity index (χ2v) is 8.42. The molecule has 0 aliphatic carbocycles. The molecule has 28 heavy (non-hydrogen) atoms. The number of halogens is 1. The number of aromatic nitrogens is 3. The lowest BCUT2D eigenvalue weighted by Crippen LogP contribution is -2.23. The van der Waals surface area contributed by atoms with Crippen molar-refractivity contribution in [3.63, 3.8) is 0 Å². The standard InChI is InChI=1S/C22H29ClN4O/c1-4-7-18(10-6-12-22(2,3)28)25-20-11-13-27-21(26-20)19(15-24-27)16-8-5-9-17(23)14-16/h5,8-9,11,13-15,18,28H,4,6-7,10,12H2,1-3H3,(H,25,26)/t18-/m0/s1. The van der Waals surface area contributed by atoms with Crippen LogP contribution >= 0.6 is 11.6 Å². The van der Waals surface area contributed by atoms with E-state index in [0.717, 1.165) is 54.7 Å². The Bertz CT molecular complexity index is 916. The average molecular weight is 401 g/mol. The van der Waals surface area contributed by atoms with E-state index in [1.54, 1.807) is 4.52 Å². The van der Waals surface area contributed by atoms with E-state index in [0.29, 0.717) is 11.1 Å². The van der Waals surface area contributed by atoms with Crippen LogP contribution < -0.4 is 5.32 Å². The van der Waals surface area contributed by atoms with E-state index in [1.807, 2.05) is 56.6 Å². The zero-order valence-corrected chi connectivity index (χ0v) is 17.6. The number of nitrogens with zero attached hydrogens (tertiary/aromatic N) is 3. The minimum absolute atomic E-state index is 0.333. The van der Waals surface area contributed by atoms with E-state index < -0.39 is 5.60 Å². The Kier molecular flexibility index (Phi) is 6.57. The number of hydrogen-bond donors (Lipinski definition) is 2. The average Bonchev–Trinajstić information content (AvgIpc) is 3.04. The number of anilines is 1. The third-order valence-electron chi connectivity index (χ3n) is 4.84. The molecule has 0 saturated heterocycles. The molecule has 0 bridgehead atoms. The Morgan fingerprint density at radius 2 is 2.07 bits per heavy atom. The monoisotopic (exact) mass is 400 g/mol. The molecule has 0 amide bonds. The summed E-state index contributed by atoms with van der Waals surface area (Å²) in [6.45, 7) is 5.92. The van der Waals surface area contributed by atoms with E-state index in [4.69, 9.17) is 16.6 Å². The lowest BCUT2D eigenvalue weighted by atomic mass is 9.97. The van der Waals surface area contributed by atoms with Crippen molar-refractivity contribution in [1.29, 1.82) is 0 Å². The van der Waals surface area contributed by atoms with Gasteiger partial charge in [-0.15, -0.1) is 0 Å². The summed E-state index contributed by atoms with van der Waals surface area (Å²) in [7, 11) is 0. The van der Waals surface area contributed by atoms with E-state index in [-0.39, 0.29) is 0 Å². The van der Waals surface area contributed by atoms with Crippen LogP contribution in [0, 0.1) is 0 Å². The fourth-order valence-corrected chi connectivity index (χ4v) is 3.63. The largest absolute Gasteiger partial charge is 0.390 e. The smallest absolute Gasteiger partial charge is 0.165 e. The minimum atomic E-state index is -0.614. The molecule has 2 N–H and O–H groups in total. The maximum absolute atomic E-state index is 9.95. The van der Waals surface area contributed by atoms with Gasteiger partial charge in [-0.05, 0) is 63.3 Å². The lowest BCUT2D eigenvalue weighted by Gasteiger charge is -2.22. The molecule has 2 heterocycles. The normalized spacial score (nSPS) is 13.0. The molecule has 1 aromatic carbocycles. The molecule has 0 fully saturated rings. The summed E-state index contributed by atoms with van der Waals surface area (Å²) in [5.41, 5.74) is 2.15. The summed E-state index contributed by atoms with van der Waals surface area (Å²) in [5.74, 6) is 0.845. The predicted molar refractivity (Wildman–Crippen MR) is 116 cm³/mol. The third-order valence-corrected chi connectivity index (χ3v) is 5.07. The Morgan fingerprint density at radius 3 is 2.79 bits per heavy atom. The van der Waals surface area contributed by atoms with Crippen LogP contribution in [0.3, 0.4) is 0 Å². The molecule has 0 unspecified atom stereocenters. The Balaban J connectivity index is 1.79. The molecule has 0 spiro atoms. The fourth-order valence-electron chi connectivity index (χ4n) is 3.44. The number of nitrogens with one attached hydrogen (secondary N) is 1. The van der Waals surface area contributed by atoms with Crippen LogP contribution in [0.25, 0.3) is 16.8 Å². The molecule has 2 aromatic heterocycles. The molecule has 0 saturated carbocycles. The summed E-state index contributed by atoms with van der Waals surface area (Å²) in [4.78, 5) is 4.82. The van der Waals surface area contributed by atoms with Crippen molar-refractivity contribution in [3.05, 3.63) is 47.7 Å². The Morgan fingerprint density at radius 1 is 1.25 bits per heavy atom. The number of benzene rings is 1. The van der Waals surface area contributed by atoms with Crippen LogP contribution in [0.4, 0.5) is 5.82 Å². The number of rotatable bonds is 9. The van der Waals surface area contributed by atoms with E-state index in [1.165, 1.54) is 0 Å². The highest BCUT2D eigenvalue weighted by Crippen LogP contribution is 2.27. The van der Waals surface area contributed by atoms with Crippen molar-refractivity contribution in [2.24, 2.45) is 0 Å². The molecule has 3 rings (SSSR count). The van der Waals surface area contributed by atoms with Crippen molar-refractivity contribution in [2.75, 3.05) is 5.32 Å². The van der Waals surface area contributed by atoms with Crippen molar-refractivity contribution in [3.8, 4) is 11.1 Å². The maximum Gasteiger partial charge on any atom is 0.165 e. The number of hydrogen-bond acceptors (Lipinski definition) is 4. The summed E-state index contributed by atoms with van der Waals surface area (Å²) < 4.78 is 1.78. The molecule has 5 nitrogen and oxygen atoms in total. The first-order valence-corrected chi connectivity index (χ1v) is 10.3. The first kappa shape index (κ1) is 20.6. The van der Waals surface area contributed by atoms with Gasteiger partial charge in [0.2, 0.25) is 0 Å². The Hall–Kier alpha value is -2.11. The van der Waals surface area contributed by atoms with E-state index >= 15 is 0 Å². The van der Waals surface area contributed by atoms with Crippen LogP contribution in [-0.4, -0.2) is 31.3 Å². The van der Waals surface area contributed by atoms with Crippen LogP contribution in [0.1, 0.15) is 52.9 Å². The first-order chi connectivity index (χ1) is 13.4. The quantitative estimate of drug-likeness (QED) is 0.492. The number of fused-ring (bicyclic) bond motifs is 1. The maximum atomic E-state index is 9.95. The van der Waals surface area contributed by atoms with Crippen molar-refractivity contribution in [2.45, 2.75) is 64.5 Å². The van der Waals surface area contributed by atoms with E-state index in [9.17, 15) is 5.11 Å². The van der Waals surface area contributed by atoms with Gasteiger partial charge in [0, 0.05) is 22.8 Å². The van der Waals surface area contributed by atoms with Crippen molar-refractivity contribution < 1.29 is 5.11 Å². The van der Waals surface area contributed by atoms with Crippen LogP contribution in [0.15, 0.2) is 42.7 Å². The topological polar surface area (TPSA) is 62.5 Å². The zero-order chi connectivity index (χ0) is 20.1. The second kappa shape index (κ2) is 8.93. The van der Waals surface area contributed by atoms with E-state index in [2.05, 4.69) is 17.3 Å². The first-order valence-electron chi connectivity index (χ1n) is 9.95. The molecule has 150 valence electrons. The highest BCUT2D eigenvalue weighted by Gasteiger charge is 2.15. The highest BCUT2D eigenvalue weighted by molar-refractivity contribution is 6.30. The fraction of sp³-hybridized carbons (Fsp3) is 0.455. The second-order valence-electron chi connectivity index (χ2n) is 7.98. The number of aliphatic hydroxyl groups is 1. The van der Waals surface area contributed by atoms with Gasteiger partial charge in [0.15, 0.2) is 5.65 Å². The Labute approximate surface area is 171 Å². The molecule has 0 aliphatic rings. The van der Waals surface area contributed by atoms with Gasteiger partial charge in [0.05, 0.1) is 11.8 Å². The van der Waals surface area contributed by atoms with Gasteiger partial charge < -0.3 is 10.4 Å². The molecule has 1 atom stereocenters. The SMILES string of the molecule is CCC[C@@H](CCCC(C)(C)O)Nc1ccn2ncc(-c3cccc(Cl)c3)c2n1. The van der Waals surface area contributed by atoms with Crippen LogP contribution in [0.2, 0.25) is 5.02 Å². The highest BCUT2D eigenvalue weighted by atomic mass is 35.5. The molecule has 6 heteroatoms. The van der Waals surface area contributed by atoms with Crippen molar-refractivity contribution >= 4 is 23.1 Å². The predicted octanol–water partition coefficient (Wildman–Crippen LogP) is 5.57. The van der Waals surface area contributed by atoms with Gasteiger partial charge in [0.25, 0.3) is 0 Å². The van der Waals surface area contributed by atoms with Gasteiger partial charge in [-0.3, -0.25) is 0 Å². The van der Waals surface area contributed by atoms with Crippen LogP contribution in [-0.2, 0) is 0 Å². The van der Waals surface area contributed by atoms with Gasteiger partial charge in [-0.1, -0.05) is 37.1 Å². The third kappa shape index (κ3) is 5.46. The zero-order valence-electron chi connectivity index (χ0n) is 16.8. The summed E-state index contributed by atoms with van der Waals surface area (Å²) in [6, 6.07) is 10.0. The molecular weight excluding hydrogens is 372 g/mol. The summed E-state index contributed by atoms with van der Waals surface area (Å²) in [5, 5.41) is 18.6. The molecule has 0 radical (unpaired) electrons. The summed E-state index contributed by atoms with van der Waals surface area (Å²) >= 11 is 6.15. The van der Waals surface area contributed by atoms with Crippen LogP contribution in [0.5, 0.6) is 0 Å². The van der Waals surface area contributed by atoms with Gasteiger partial charge in [0.1, 0.15) is 5.82 Å². The lowest BCUT2D eigenvalue weighted by molar-refractivity contribution is 0.0678. The van der Waals surface area contributed by atoms with Crippen molar-refractivity contribution in [1.82, 2.24) is 14.6 Å². The molecular formula is C22H29ClN4O. The van der Waals surface area contributed by atoms with Gasteiger partial charge >= 0.3 is 0 Å². The van der Waals surface area contributed by atoms with Gasteiger partial charge in [-0.2, -0.15) is 5.10 Å². The summed E-state index contributed by atoms with van der Waals surface area (Å²) in [6.07, 6.45) is 8.70. The molecule has 3 aromatic rings. The van der Waals surface area contributed by atoms with Gasteiger partial charge in [-0.25, -0.2) is 9.50 Å². The molecule has 0 aliphatic heterocycles.